The van der Waals surface area contributed by atoms with Gasteiger partial charge in [-0.25, -0.2) is 19.6 Å². The van der Waals surface area contributed by atoms with Crippen molar-refractivity contribution in [2.75, 3.05) is 49.0 Å². The molecular formula is C54H56Cl2N8O13. The van der Waals surface area contributed by atoms with E-state index in [1.54, 1.807) is 54.6 Å². The third-order valence-electron chi connectivity index (χ3n) is 14.1. The second-order valence-corrected chi connectivity index (χ2v) is 19.7. The van der Waals surface area contributed by atoms with Crippen molar-refractivity contribution < 1.29 is 61.8 Å². The number of amides is 5. The smallest absolute Gasteiger partial charge is 0.338 e. The van der Waals surface area contributed by atoms with Gasteiger partial charge in [0, 0.05) is 56.3 Å². The van der Waals surface area contributed by atoms with Crippen molar-refractivity contribution in [2.45, 2.75) is 89.1 Å². The van der Waals surface area contributed by atoms with Crippen molar-refractivity contribution in [3.63, 3.8) is 0 Å². The predicted molar refractivity (Wildman–Crippen MR) is 284 cm³/mol. The Morgan fingerprint density at radius 3 is 1.52 bits per heavy atom. The van der Waals surface area contributed by atoms with Gasteiger partial charge in [0.25, 0.3) is 11.8 Å². The Morgan fingerprint density at radius 2 is 1.08 bits per heavy atom. The number of esters is 2. The third kappa shape index (κ3) is 12.8. The largest absolute Gasteiger partial charge is 0.481 e. The lowest BCUT2D eigenvalue weighted by atomic mass is 9.84. The average Bonchev–Trinajstić information content (AvgIpc) is 4.26. The zero-order valence-electron chi connectivity index (χ0n) is 42.1. The van der Waals surface area contributed by atoms with Crippen LogP contribution in [0.15, 0.2) is 81.9 Å². The first kappa shape index (κ1) is 55.2. The average molecular weight is 1100 g/mol. The van der Waals surface area contributed by atoms with Gasteiger partial charge in [-0.3, -0.25) is 28.8 Å². The summed E-state index contributed by atoms with van der Waals surface area (Å²) in [7, 11) is 2.51. The molecule has 5 amide bonds. The van der Waals surface area contributed by atoms with E-state index in [0.717, 1.165) is 64.5 Å². The van der Waals surface area contributed by atoms with Gasteiger partial charge in [0.1, 0.15) is 28.5 Å². The molecule has 10 rings (SSSR count). The number of carboxylic acid groups (broad SMARTS) is 1. The van der Waals surface area contributed by atoms with Crippen molar-refractivity contribution in [3.8, 4) is 0 Å². The van der Waals surface area contributed by atoms with Gasteiger partial charge in [-0.15, -0.1) is 0 Å². The lowest BCUT2D eigenvalue weighted by molar-refractivity contribution is -0.143. The molecule has 4 aliphatic rings. The molecule has 6 heterocycles. The molecule has 2 saturated carbocycles. The summed E-state index contributed by atoms with van der Waals surface area (Å²) in [5.74, 6) is -3.21. The number of carboxylic acids is 1. The molecule has 6 N–H and O–H groups in total. The van der Waals surface area contributed by atoms with Crippen LogP contribution in [-0.2, 0) is 28.7 Å². The molecule has 2 aliphatic heterocycles. The van der Waals surface area contributed by atoms with Crippen molar-refractivity contribution in [1.82, 2.24) is 19.8 Å². The maximum atomic E-state index is 13.4. The molecule has 6 aromatic rings. The molecule has 21 nitrogen and oxygen atoms in total. The van der Waals surface area contributed by atoms with Gasteiger partial charge in [0.15, 0.2) is 0 Å². The zero-order chi connectivity index (χ0) is 54.9. The molecule has 2 aliphatic carbocycles. The van der Waals surface area contributed by atoms with Crippen LogP contribution in [0.5, 0.6) is 0 Å². The lowest BCUT2D eigenvalue weighted by Gasteiger charge is -2.34. The van der Waals surface area contributed by atoms with Crippen molar-refractivity contribution >= 4 is 116 Å². The van der Waals surface area contributed by atoms with Gasteiger partial charge < -0.3 is 54.9 Å². The van der Waals surface area contributed by atoms with Crippen LogP contribution in [0.25, 0.3) is 21.9 Å². The van der Waals surface area contributed by atoms with Crippen molar-refractivity contribution in [3.05, 3.63) is 106 Å². The number of fused-ring (bicyclic) bond motifs is 2. The lowest BCUT2D eigenvalue weighted by Crippen LogP contribution is -2.40. The van der Waals surface area contributed by atoms with Crippen LogP contribution in [0.3, 0.4) is 0 Å². The van der Waals surface area contributed by atoms with Crippen molar-refractivity contribution in [2.24, 2.45) is 11.8 Å². The number of nitrogen functional groups attached to an aromatic ring is 1. The van der Waals surface area contributed by atoms with Crippen LogP contribution in [0.4, 0.5) is 23.0 Å². The number of likely N-dealkylation sites (tertiary alicyclic amines) is 2. The summed E-state index contributed by atoms with van der Waals surface area (Å²) in [5, 5.41) is 18.4. The number of carbonyl (C=O) groups is 8. The summed E-state index contributed by atoms with van der Waals surface area (Å²) in [5.41, 5.74) is 7.08. The van der Waals surface area contributed by atoms with Crippen LogP contribution in [0, 0.1) is 11.8 Å². The van der Waals surface area contributed by atoms with Gasteiger partial charge >= 0.3 is 17.9 Å². The zero-order valence-corrected chi connectivity index (χ0v) is 43.6. The Labute approximate surface area is 451 Å². The van der Waals surface area contributed by atoms with Crippen molar-refractivity contribution in [1.29, 1.82) is 0 Å². The molecule has 0 unspecified atom stereocenters. The number of rotatable bonds is 11. The van der Waals surface area contributed by atoms with Gasteiger partial charge in [-0.05, 0) is 113 Å². The highest BCUT2D eigenvalue weighted by atomic mass is 35.5. The fraction of sp³-hybridized carbons (Fsp3) is 0.370. The highest BCUT2D eigenvalue weighted by Crippen LogP contribution is 2.38. The number of hydrogen-bond acceptors (Lipinski definition) is 15. The van der Waals surface area contributed by atoms with Crippen LogP contribution in [0.2, 0.25) is 10.0 Å². The summed E-state index contributed by atoms with van der Waals surface area (Å²) in [4.78, 5) is 110. The van der Waals surface area contributed by atoms with Gasteiger partial charge in [-0.1, -0.05) is 35.3 Å². The topological polar surface area (TPSA) is 296 Å². The Kier molecular flexibility index (Phi) is 17.7. The van der Waals surface area contributed by atoms with Crippen LogP contribution < -0.4 is 21.7 Å². The summed E-state index contributed by atoms with van der Waals surface area (Å²) >= 11 is 11.6. The first-order valence-electron chi connectivity index (χ1n) is 25.1. The molecule has 0 bridgehead atoms. The molecular weight excluding hydrogens is 1040 g/mol. The minimum Gasteiger partial charge on any atom is -0.481 e. The summed E-state index contributed by atoms with van der Waals surface area (Å²) in [6, 6.07) is 16.2. The van der Waals surface area contributed by atoms with E-state index in [1.807, 2.05) is 9.80 Å². The Balaban J connectivity index is 0.000000170. The summed E-state index contributed by atoms with van der Waals surface area (Å²) in [6.07, 6.45) is 11.8. The van der Waals surface area contributed by atoms with E-state index in [0.29, 0.717) is 52.7 Å². The Bertz CT molecular complexity index is 3200. The molecule has 0 atom stereocenters. The van der Waals surface area contributed by atoms with E-state index in [1.165, 1.54) is 32.7 Å². The maximum absolute atomic E-state index is 13.4. The number of halogens is 2. The normalized spacial score (nSPS) is 19.1. The summed E-state index contributed by atoms with van der Waals surface area (Å²) < 4.78 is 21.0. The number of furan rings is 2. The monoisotopic (exact) mass is 1090 g/mol. The SMILES string of the molecule is COC(=O)c1cccc2oc(C(=O)Nc3ccc(Cl)cn3)c(N)c12.COC(=O)c1cccc2oc(C(=O)Nc3ccc(Cl)cn3)c(NC(=O)C3CCC(N4CCCC4=O)CC3)c12.O=C(O)C1CCC(N2CCCC2=O)CC1. The molecule has 4 aromatic heterocycles. The second kappa shape index (κ2) is 24.7. The quantitative estimate of drug-likeness (QED) is 0.0756. The number of aromatic nitrogens is 2. The number of hydrogen-bond donors (Lipinski definition) is 5. The highest BCUT2D eigenvalue weighted by Gasteiger charge is 2.36. The summed E-state index contributed by atoms with van der Waals surface area (Å²) in [6.45, 7) is 1.65. The van der Waals surface area contributed by atoms with Crippen LogP contribution in [0.1, 0.15) is 119 Å². The van der Waals surface area contributed by atoms with Crippen LogP contribution >= 0.6 is 23.2 Å². The number of anilines is 4. The number of nitrogens with two attached hydrogens (primary N) is 1. The van der Waals surface area contributed by atoms with Crippen LogP contribution in [-0.4, -0.2) is 112 Å². The first-order valence-corrected chi connectivity index (χ1v) is 25.8. The number of methoxy groups -OCH3 is 2. The number of aliphatic carboxylic acids is 1. The van der Waals surface area contributed by atoms with Gasteiger partial charge in [-0.2, -0.15) is 0 Å². The van der Waals surface area contributed by atoms with Gasteiger partial charge in [0.05, 0.1) is 57.8 Å². The number of carbonyl (C=O) groups excluding carboxylic acids is 7. The molecule has 2 saturated heterocycles. The highest BCUT2D eigenvalue weighted by molar-refractivity contribution is 6.31. The minimum atomic E-state index is -0.679. The number of pyridine rings is 2. The Morgan fingerprint density at radius 1 is 0.623 bits per heavy atom. The third-order valence-corrected chi connectivity index (χ3v) is 14.5. The minimum absolute atomic E-state index is 0.0532. The standard InChI is InChI=1S/C27H27ClN4O6.C16H12ClN3O4.C11H17NO3/c1-37-27(36)18-4-2-5-19-22(18)23(24(38-19)26(35)30-20-12-9-16(28)14-29-20)31-25(34)15-7-10-17(11-8-15)32-13-3-6-21(32)33;1-23-16(22)9-3-2-4-10-12(9)13(18)14(24-10)15(21)20-11-6-5-8(17)7-19-11;13-10-2-1-7-12(10)9-5-3-8(4-6-9)11(14)15/h2,4-5,9,12,14-15,17H,3,6-8,10-11,13H2,1H3,(H,31,34)(H,29,30,35);2-7H,18H2,1H3,(H,19,20,21);8-9H,1-7H2,(H,14,15). The second-order valence-electron chi connectivity index (χ2n) is 18.8. The first-order chi connectivity index (χ1) is 37.0. The molecule has 0 spiro atoms. The molecule has 77 heavy (non-hydrogen) atoms. The number of ether oxygens (including phenoxy) is 2. The number of nitrogens with one attached hydrogen (secondary N) is 3. The van der Waals surface area contributed by atoms with E-state index in [2.05, 4.69) is 25.9 Å². The molecule has 23 heteroatoms. The van der Waals surface area contributed by atoms with Gasteiger partial charge in [0.2, 0.25) is 29.2 Å². The molecule has 4 fully saturated rings. The maximum Gasteiger partial charge on any atom is 0.338 e. The molecule has 404 valence electrons. The fourth-order valence-electron chi connectivity index (χ4n) is 10.2. The number of nitrogens with zero attached hydrogens (tertiary/aromatic N) is 4. The van der Waals surface area contributed by atoms with E-state index in [-0.39, 0.29) is 92.2 Å². The van der Waals surface area contributed by atoms with E-state index in [4.69, 9.17) is 52.4 Å². The van der Waals surface area contributed by atoms with E-state index < -0.39 is 29.7 Å². The fourth-order valence-corrected chi connectivity index (χ4v) is 10.4. The van der Waals surface area contributed by atoms with E-state index >= 15 is 0 Å². The molecule has 2 aromatic carbocycles. The van der Waals surface area contributed by atoms with E-state index in [9.17, 15) is 38.4 Å². The predicted octanol–water partition coefficient (Wildman–Crippen LogP) is 8.99. The number of benzene rings is 2. The Hall–Kier alpha value is -8.04. The molecule has 0 radical (unpaired) electrons.